The Morgan fingerprint density at radius 3 is 2.78 bits per heavy atom. The zero-order valence-electron chi connectivity index (χ0n) is 17.8. The van der Waals surface area contributed by atoms with Gasteiger partial charge in [-0.1, -0.05) is 13.8 Å². The van der Waals surface area contributed by atoms with Gasteiger partial charge in [0.2, 0.25) is 0 Å². The lowest BCUT2D eigenvalue weighted by molar-refractivity contribution is -0.168. The highest BCUT2D eigenvalue weighted by molar-refractivity contribution is 6.05. The number of nitrogens with one attached hydrogen (secondary N) is 1. The second kappa shape index (κ2) is 8.40. The number of anilines is 3. The number of pyridine rings is 2. The number of ketones is 1. The van der Waals surface area contributed by atoms with E-state index in [2.05, 4.69) is 20.2 Å². The maximum atomic E-state index is 13.2. The summed E-state index contributed by atoms with van der Waals surface area (Å²) in [6, 6.07) is 6.16. The second-order valence-electron chi connectivity index (χ2n) is 8.20. The van der Waals surface area contributed by atoms with Gasteiger partial charge in [-0.3, -0.25) is 15.0 Å². The Balaban J connectivity index is 1.62. The van der Waals surface area contributed by atoms with Crippen LogP contribution in [0.5, 0.6) is 0 Å². The number of rotatable bonds is 5. The first-order chi connectivity index (χ1) is 15.2. The number of fused-ring (bicyclic) bond motifs is 4. The number of amides is 2. The summed E-state index contributed by atoms with van der Waals surface area (Å²) in [6.07, 6.45) is -2.02. The fraction of sp³-hybridized carbons (Fsp3) is 0.455. The van der Waals surface area contributed by atoms with Crippen LogP contribution in [0.4, 0.5) is 35.3 Å². The SMILES string of the molecule is CCc1ccnc(NC(=O)N2c3nc(C(=O)C[C@H](C)C(F)(F)F)ccc3N3CC[C@H]2C3)c1. The molecule has 0 spiro atoms. The van der Waals surface area contributed by atoms with E-state index in [0.717, 1.165) is 31.9 Å². The van der Waals surface area contributed by atoms with Gasteiger partial charge in [0.25, 0.3) is 0 Å². The van der Waals surface area contributed by atoms with Crippen molar-refractivity contribution in [3.8, 4) is 0 Å². The lowest BCUT2D eigenvalue weighted by atomic mass is 10.0. The summed E-state index contributed by atoms with van der Waals surface area (Å²) in [5.74, 6) is -1.79. The fourth-order valence-electron chi connectivity index (χ4n) is 4.06. The van der Waals surface area contributed by atoms with Gasteiger partial charge in [0.05, 0.1) is 17.6 Å². The zero-order valence-corrected chi connectivity index (χ0v) is 17.8. The number of urea groups is 1. The van der Waals surface area contributed by atoms with Crippen molar-refractivity contribution in [2.24, 2.45) is 5.92 Å². The van der Waals surface area contributed by atoms with Crippen LogP contribution in [0.15, 0.2) is 30.5 Å². The lowest BCUT2D eigenvalue weighted by Gasteiger charge is -2.35. The van der Waals surface area contributed by atoms with E-state index in [4.69, 9.17) is 0 Å². The maximum absolute atomic E-state index is 13.2. The molecule has 2 aliphatic heterocycles. The van der Waals surface area contributed by atoms with Crippen LogP contribution in [-0.2, 0) is 6.42 Å². The van der Waals surface area contributed by atoms with E-state index < -0.39 is 30.3 Å². The van der Waals surface area contributed by atoms with Gasteiger partial charge in [0.15, 0.2) is 11.6 Å². The van der Waals surface area contributed by atoms with Crippen LogP contribution < -0.4 is 15.1 Å². The Kier molecular flexibility index (Phi) is 5.79. The van der Waals surface area contributed by atoms with Gasteiger partial charge >= 0.3 is 12.2 Å². The van der Waals surface area contributed by atoms with E-state index in [1.54, 1.807) is 18.3 Å². The number of nitrogens with zero attached hydrogens (tertiary/aromatic N) is 4. The van der Waals surface area contributed by atoms with E-state index in [1.165, 1.54) is 11.0 Å². The molecule has 32 heavy (non-hydrogen) atoms. The minimum absolute atomic E-state index is 0.0775. The highest BCUT2D eigenvalue weighted by Gasteiger charge is 2.41. The topological polar surface area (TPSA) is 78.4 Å². The summed E-state index contributed by atoms with van der Waals surface area (Å²) >= 11 is 0. The molecule has 4 rings (SSSR count). The number of carbonyl (C=O) groups is 2. The number of hydrogen-bond donors (Lipinski definition) is 1. The van der Waals surface area contributed by atoms with E-state index >= 15 is 0 Å². The maximum Gasteiger partial charge on any atom is 0.391 e. The van der Waals surface area contributed by atoms with E-state index in [9.17, 15) is 22.8 Å². The number of alkyl halides is 3. The molecule has 2 aliphatic rings. The molecule has 1 N–H and O–H groups in total. The number of aryl methyl sites for hydroxylation is 1. The van der Waals surface area contributed by atoms with Gasteiger partial charge in [-0.15, -0.1) is 0 Å². The molecule has 2 amide bonds. The molecule has 0 saturated carbocycles. The fourth-order valence-corrected chi connectivity index (χ4v) is 4.06. The molecule has 2 bridgehead atoms. The molecule has 1 fully saturated rings. The molecule has 4 heterocycles. The molecule has 0 aliphatic carbocycles. The Hall–Kier alpha value is -3.17. The molecule has 1 saturated heterocycles. The van der Waals surface area contributed by atoms with Crippen molar-refractivity contribution >= 4 is 29.1 Å². The average Bonchev–Trinajstić information content (AvgIpc) is 3.17. The molecule has 0 aromatic carbocycles. The van der Waals surface area contributed by atoms with Crippen molar-refractivity contribution in [3.63, 3.8) is 0 Å². The number of carbonyl (C=O) groups excluding carboxylic acids is 2. The Morgan fingerprint density at radius 1 is 1.28 bits per heavy atom. The normalized spacial score (nSPS) is 18.3. The molecule has 0 unspecified atom stereocenters. The van der Waals surface area contributed by atoms with Gasteiger partial charge in [0, 0.05) is 25.7 Å². The lowest BCUT2D eigenvalue weighted by Crippen LogP contribution is -2.48. The summed E-state index contributed by atoms with van der Waals surface area (Å²) in [5.41, 5.74) is 1.63. The second-order valence-corrected chi connectivity index (χ2v) is 8.20. The van der Waals surface area contributed by atoms with Gasteiger partial charge in [-0.2, -0.15) is 13.2 Å². The van der Waals surface area contributed by atoms with Crippen LogP contribution in [0.3, 0.4) is 0 Å². The van der Waals surface area contributed by atoms with Crippen LogP contribution in [0, 0.1) is 5.92 Å². The Bertz CT molecular complexity index is 1040. The smallest absolute Gasteiger partial charge is 0.366 e. The van der Waals surface area contributed by atoms with Crippen LogP contribution >= 0.6 is 0 Å². The number of aromatic nitrogens is 2. The van der Waals surface area contributed by atoms with Crippen LogP contribution in [-0.4, -0.2) is 47.1 Å². The van der Waals surface area contributed by atoms with Crippen LogP contribution in [0.2, 0.25) is 0 Å². The van der Waals surface area contributed by atoms with E-state index in [1.807, 2.05) is 13.0 Å². The van der Waals surface area contributed by atoms with Crippen molar-refractivity contribution in [3.05, 3.63) is 41.7 Å². The summed E-state index contributed by atoms with van der Waals surface area (Å²) in [5, 5.41) is 2.79. The predicted molar refractivity (Wildman–Crippen MR) is 114 cm³/mol. The molecule has 0 radical (unpaired) electrons. The van der Waals surface area contributed by atoms with E-state index in [0.29, 0.717) is 18.1 Å². The average molecular weight is 447 g/mol. The molecule has 2 aromatic heterocycles. The molecule has 10 heteroatoms. The molecule has 2 aromatic rings. The quantitative estimate of drug-likeness (QED) is 0.686. The molecule has 7 nitrogen and oxygen atoms in total. The summed E-state index contributed by atoms with van der Waals surface area (Å²) < 4.78 is 38.7. The molecular weight excluding hydrogens is 423 g/mol. The van der Waals surface area contributed by atoms with E-state index in [-0.39, 0.29) is 17.6 Å². The number of Topliss-reactive ketones (excluding diaryl/α,β-unsaturated/α-hetero) is 1. The zero-order chi connectivity index (χ0) is 23.0. The highest BCUT2D eigenvalue weighted by atomic mass is 19.4. The van der Waals surface area contributed by atoms with Crippen molar-refractivity contribution in [2.75, 3.05) is 28.2 Å². The largest absolute Gasteiger partial charge is 0.391 e. The molecule has 170 valence electrons. The third-order valence-electron chi connectivity index (χ3n) is 5.97. The Labute approximate surface area is 183 Å². The first-order valence-corrected chi connectivity index (χ1v) is 10.6. The third kappa shape index (κ3) is 4.26. The van der Waals surface area contributed by atoms with Crippen molar-refractivity contribution < 1.29 is 22.8 Å². The van der Waals surface area contributed by atoms with Crippen LogP contribution in [0.25, 0.3) is 0 Å². The van der Waals surface area contributed by atoms with Gasteiger partial charge in [-0.25, -0.2) is 14.8 Å². The first kappa shape index (κ1) is 22.0. The van der Waals surface area contributed by atoms with Crippen molar-refractivity contribution in [1.29, 1.82) is 0 Å². The van der Waals surface area contributed by atoms with Crippen molar-refractivity contribution in [1.82, 2.24) is 9.97 Å². The Morgan fingerprint density at radius 2 is 2.06 bits per heavy atom. The molecule has 2 atom stereocenters. The minimum atomic E-state index is -4.46. The summed E-state index contributed by atoms with van der Waals surface area (Å²) in [4.78, 5) is 37.8. The van der Waals surface area contributed by atoms with Gasteiger partial charge in [-0.05, 0) is 42.7 Å². The summed E-state index contributed by atoms with van der Waals surface area (Å²) in [7, 11) is 0. The third-order valence-corrected chi connectivity index (χ3v) is 5.97. The van der Waals surface area contributed by atoms with Crippen LogP contribution in [0.1, 0.15) is 42.7 Å². The molecular formula is C22H24F3N5O2. The standard InChI is InChI=1S/C22H24F3N5O2/c1-3-14-6-8-26-19(11-14)28-21(32)30-15-7-9-29(12-15)17-5-4-16(27-20(17)30)18(31)10-13(2)22(23,24)25/h4-6,8,11,13,15H,3,7,9-10,12H2,1-2H3,(H,26,28,32)/t13-,15-/m0/s1. The monoisotopic (exact) mass is 447 g/mol. The van der Waals surface area contributed by atoms with Crippen molar-refractivity contribution in [2.45, 2.75) is 45.3 Å². The number of halogens is 3. The number of hydrogen-bond acceptors (Lipinski definition) is 5. The van der Waals surface area contributed by atoms with Gasteiger partial charge < -0.3 is 4.90 Å². The first-order valence-electron chi connectivity index (χ1n) is 10.6. The highest BCUT2D eigenvalue weighted by Crippen LogP contribution is 2.39. The van der Waals surface area contributed by atoms with Gasteiger partial charge in [0.1, 0.15) is 11.5 Å². The minimum Gasteiger partial charge on any atom is -0.366 e. The summed E-state index contributed by atoms with van der Waals surface area (Å²) in [6.45, 7) is 4.32. The predicted octanol–water partition coefficient (Wildman–Crippen LogP) is 4.44.